The van der Waals surface area contributed by atoms with Gasteiger partial charge in [0, 0.05) is 18.8 Å². The lowest BCUT2D eigenvalue weighted by molar-refractivity contribution is 0.0869. The molecule has 2 aliphatic heterocycles. The van der Waals surface area contributed by atoms with E-state index in [0.29, 0.717) is 12.5 Å². The third-order valence-electron chi connectivity index (χ3n) is 3.84. The first-order chi connectivity index (χ1) is 9.60. The molecule has 1 fully saturated rings. The van der Waals surface area contributed by atoms with Crippen LogP contribution in [0, 0.1) is 0 Å². The highest BCUT2D eigenvalue weighted by Crippen LogP contribution is 2.28. The second-order valence-electron chi connectivity index (χ2n) is 5.17. The van der Waals surface area contributed by atoms with Gasteiger partial charge in [0.2, 0.25) is 0 Å². The Bertz CT molecular complexity index is 624. The van der Waals surface area contributed by atoms with Gasteiger partial charge in [0.25, 0.3) is 15.9 Å². The van der Waals surface area contributed by atoms with Crippen molar-refractivity contribution in [1.82, 2.24) is 14.6 Å². The minimum Gasteiger partial charge on any atom is -0.314 e. The molecule has 0 aliphatic carbocycles. The summed E-state index contributed by atoms with van der Waals surface area (Å²) in [7, 11) is -3.74. The maximum Gasteiger partial charge on any atom is 0.285 e. The zero-order valence-corrected chi connectivity index (χ0v) is 11.9. The van der Waals surface area contributed by atoms with Gasteiger partial charge < -0.3 is 5.32 Å². The van der Waals surface area contributed by atoms with Crippen LogP contribution in [0.2, 0.25) is 0 Å². The van der Waals surface area contributed by atoms with Gasteiger partial charge in [0.05, 0.1) is 5.56 Å². The number of pyridine rings is 1. The van der Waals surface area contributed by atoms with Gasteiger partial charge >= 0.3 is 0 Å². The Morgan fingerprint density at radius 1 is 1.45 bits per heavy atom. The van der Waals surface area contributed by atoms with E-state index in [2.05, 4.69) is 10.3 Å². The number of aromatic nitrogens is 1. The topological polar surface area (TPSA) is 79.4 Å². The Balaban J connectivity index is 1.70. The second-order valence-corrected chi connectivity index (χ2v) is 6.95. The number of rotatable bonds is 4. The number of amides is 1. The number of sulfonamides is 1. The lowest BCUT2D eigenvalue weighted by atomic mass is 10.1. The maximum atomic E-state index is 12.2. The van der Waals surface area contributed by atoms with Crippen molar-refractivity contribution in [2.24, 2.45) is 0 Å². The summed E-state index contributed by atoms with van der Waals surface area (Å²) in [6, 6.07) is 3.55. The molecule has 1 unspecified atom stereocenters. The van der Waals surface area contributed by atoms with Gasteiger partial charge in [-0.25, -0.2) is 9.29 Å². The van der Waals surface area contributed by atoms with Gasteiger partial charge in [-0.15, -0.1) is 0 Å². The lowest BCUT2D eigenvalue weighted by Crippen LogP contribution is -2.32. The summed E-state index contributed by atoms with van der Waals surface area (Å²) in [4.78, 5) is 16.0. The van der Waals surface area contributed by atoms with Crippen molar-refractivity contribution in [2.75, 3.05) is 13.1 Å². The van der Waals surface area contributed by atoms with Gasteiger partial charge in [0.1, 0.15) is 0 Å². The minimum atomic E-state index is -3.74. The third-order valence-corrected chi connectivity index (χ3v) is 5.58. The van der Waals surface area contributed by atoms with Crippen LogP contribution in [0.25, 0.3) is 0 Å². The van der Waals surface area contributed by atoms with Gasteiger partial charge in [-0.3, -0.25) is 4.79 Å². The highest BCUT2D eigenvalue weighted by atomic mass is 32.2. The molecule has 0 radical (unpaired) electrons. The molecular weight excluding hydrogens is 278 g/mol. The van der Waals surface area contributed by atoms with Crippen LogP contribution in [0.4, 0.5) is 0 Å². The van der Waals surface area contributed by atoms with Gasteiger partial charge in [-0.05, 0) is 44.4 Å². The number of carbonyl (C=O) groups is 1. The summed E-state index contributed by atoms with van der Waals surface area (Å²) in [5.74, 6) is -0.451. The quantitative estimate of drug-likeness (QED) is 0.887. The van der Waals surface area contributed by atoms with Crippen LogP contribution >= 0.6 is 0 Å². The van der Waals surface area contributed by atoms with Crippen LogP contribution in [0.1, 0.15) is 36.0 Å². The minimum absolute atomic E-state index is 0.107. The molecule has 1 amide bonds. The Labute approximate surface area is 118 Å². The molecule has 1 saturated heterocycles. The summed E-state index contributed by atoms with van der Waals surface area (Å²) in [6.45, 7) is 1.26. The van der Waals surface area contributed by atoms with E-state index in [4.69, 9.17) is 0 Å². The largest absolute Gasteiger partial charge is 0.314 e. The molecule has 1 aromatic rings. The average Bonchev–Trinajstić information content (AvgIpc) is 3.01. The van der Waals surface area contributed by atoms with Gasteiger partial charge in [-0.1, -0.05) is 0 Å². The molecule has 1 atom stereocenters. The van der Waals surface area contributed by atoms with E-state index in [1.165, 1.54) is 18.7 Å². The molecule has 7 heteroatoms. The van der Waals surface area contributed by atoms with E-state index in [9.17, 15) is 13.2 Å². The normalized spacial score (nSPS) is 24.1. The first-order valence-corrected chi connectivity index (χ1v) is 8.30. The van der Waals surface area contributed by atoms with Crippen molar-refractivity contribution >= 4 is 15.9 Å². The molecule has 6 nitrogen and oxygen atoms in total. The number of fused-ring (bicyclic) bond motifs is 1. The van der Waals surface area contributed by atoms with Gasteiger partial charge in [-0.2, -0.15) is 8.42 Å². The fourth-order valence-corrected chi connectivity index (χ4v) is 4.34. The summed E-state index contributed by atoms with van der Waals surface area (Å²) in [6.07, 6.45) is 5.26. The molecule has 3 heterocycles. The van der Waals surface area contributed by atoms with Crippen LogP contribution in [-0.4, -0.2) is 42.7 Å². The summed E-state index contributed by atoms with van der Waals surface area (Å²) >= 11 is 0. The molecule has 2 aliphatic rings. The van der Waals surface area contributed by atoms with Crippen LogP contribution < -0.4 is 5.32 Å². The van der Waals surface area contributed by atoms with Crippen molar-refractivity contribution in [3.05, 3.63) is 23.9 Å². The highest BCUT2D eigenvalue weighted by Gasteiger charge is 2.41. The molecule has 1 aromatic heterocycles. The molecule has 0 bridgehead atoms. The number of nitrogens with one attached hydrogen (secondary N) is 1. The zero-order chi connectivity index (χ0) is 14.2. The first-order valence-electron chi connectivity index (χ1n) is 6.86. The number of carbonyl (C=O) groups excluding carboxylic acids is 1. The van der Waals surface area contributed by atoms with Crippen LogP contribution in [0.5, 0.6) is 0 Å². The second kappa shape index (κ2) is 5.14. The summed E-state index contributed by atoms with van der Waals surface area (Å²) < 4.78 is 25.5. The fourth-order valence-electron chi connectivity index (χ4n) is 2.81. The molecule has 108 valence electrons. The smallest absolute Gasteiger partial charge is 0.285 e. The zero-order valence-electron chi connectivity index (χ0n) is 11.1. The molecule has 20 heavy (non-hydrogen) atoms. The molecule has 0 saturated carbocycles. The number of nitrogens with zero attached hydrogens (tertiary/aromatic N) is 2. The van der Waals surface area contributed by atoms with Crippen LogP contribution in [-0.2, 0) is 10.0 Å². The lowest BCUT2D eigenvalue weighted by Gasteiger charge is -2.16. The molecule has 3 rings (SSSR count). The molecule has 0 spiro atoms. The van der Waals surface area contributed by atoms with E-state index >= 15 is 0 Å². The first kappa shape index (κ1) is 13.5. The van der Waals surface area contributed by atoms with Crippen molar-refractivity contribution < 1.29 is 13.2 Å². The van der Waals surface area contributed by atoms with Crippen molar-refractivity contribution in [2.45, 2.75) is 36.8 Å². The molecule has 0 aromatic carbocycles. The summed E-state index contributed by atoms with van der Waals surface area (Å²) in [5, 5.41) is 3.26. The van der Waals surface area contributed by atoms with Crippen molar-refractivity contribution in [3.63, 3.8) is 0 Å². The predicted octanol–water partition coefficient (Wildman–Crippen LogP) is 0.758. The maximum absolute atomic E-state index is 12.2. The van der Waals surface area contributed by atoms with E-state index in [1.807, 2.05) is 0 Å². The SMILES string of the molecule is O=C1c2cccnc2S(=O)(=O)N1CCCC1CCCN1. The Morgan fingerprint density at radius 2 is 2.30 bits per heavy atom. The van der Waals surface area contributed by atoms with Crippen LogP contribution in [0.15, 0.2) is 23.4 Å². The Morgan fingerprint density at radius 3 is 3.00 bits per heavy atom. The highest BCUT2D eigenvalue weighted by molar-refractivity contribution is 7.90. The monoisotopic (exact) mass is 295 g/mol. The van der Waals surface area contributed by atoms with E-state index < -0.39 is 15.9 Å². The van der Waals surface area contributed by atoms with E-state index in [-0.39, 0.29) is 17.1 Å². The number of hydrogen-bond donors (Lipinski definition) is 1. The van der Waals surface area contributed by atoms with Crippen molar-refractivity contribution in [3.8, 4) is 0 Å². The van der Waals surface area contributed by atoms with Crippen LogP contribution in [0.3, 0.4) is 0 Å². The molecule has 1 N–H and O–H groups in total. The van der Waals surface area contributed by atoms with E-state index in [0.717, 1.165) is 23.7 Å². The summed E-state index contributed by atoms with van der Waals surface area (Å²) in [5.41, 5.74) is 0.187. The van der Waals surface area contributed by atoms with Gasteiger partial charge in [0.15, 0.2) is 5.03 Å². The Hall–Kier alpha value is -1.47. The molecular formula is C13H17N3O3S. The van der Waals surface area contributed by atoms with Crippen molar-refractivity contribution in [1.29, 1.82) is 0 Å². The fraction of sp³-hybridized carbons (Fsp3) is 0.538. The average molecular weight is 295 g/mol. The predicted molar refractivity (Wildman–Crippen MR) is 72.7 cm³/mol. The number of hydrogen-bond acceptors (Lipinski definition) is 5. The standard InChI is InChI=1S/C13H17N3O3S/c17-13-11-6-2-8-15-12(11)20(18,19)16(13)9-3-5-10-4-1-7-14-10/h2,6,8,10,14H,1,3-5,7,9H2. The Kier molecular flexibility index (Phi) is 3.47. The van der Waals surface area contributed by atoms with E-state index in [1.54, 1.807) is 6.07 Å². The third kappa shape index (κ3) is 2.20.